The van der Waals surface area contributed by atoms with Crippen molar-refractivity contribution in [1.82, 2.24) is 0 Å². The summed E-state index contributed by atoms with van der Waals surface area (Å²) < 4.78 is 0. The Kier molecular flexibility index (Phi) is 3.13. The molecule has 2 aromatic rings. The third-order valence-corrected chi connectivity index (χ3v) is 3.27. The van der Waals surface area contributed by atoms with Gasteiger partial charge in [0.1, 0.15) is 0 Å². The van der Waals surface area contributed by atoms with Crippen molar-refractivity contribution in [2.24, 2.45) is 15.7 Å². The fourth-order valence-electron chi connectivity index (χ4n) is 2.40. The van der Waals surface area contributed by atoms with Crippen LogP contribution in [0, 0.1) is 0 Å². The van der Waals surface area contributed by atoms with E-state index in [1.54, 1.807) is 6.07 Å². The Bertz CT molecular complexity index is 794. The first-order valence-electron chi connectivity index (χ1n) is 6.33. The molecule has 1 aliphatic heterocycles. The third kappa shape index (κ3) is 2.12. The second-order valence-electron chi connectivity index (χ2n) is 4.49. The van der Waals surface area contributed by atoms with E-state index in [-0.39, 0.29) is 5.92 Å². The van der Waals surface area contributed by atoms with Gasteiger partial charge in [0.2, 0.25) is 0 Å². The van der Waals surface area contributed by atoms with Crippen molar-refractivity contribution >= 4 is 6.03 Å². The summed E-state index contributed by atoms with van der Waals surface area (Å²) in [7, 11) is 0. The normalized spacial score (nSPS) is 14.7. The van der Waals surface area contributed by atoms with Crippen LogP contribution in [0.3, 0.4) is 0 Å². The lowest BCUT2D eigenvalue weighted by molar-refractivity contribution is 0.256. The number of rotatable bonds is 3. The Labute approximate surface area is 116 Å². The summed E-state index contributed by atoms with van der Waals surface area (Å²) in [5.74, 6) is -0.0407. The molecular weight excluding hydrogens is 250 g/mol. The Morgan fingerprint density at radius 1 is 1.00 bits per heavy atom. The van der Waals surface area contributed by atoms with Crippen LogP contribution in [0.5, 0.6) is 0 Å². The van der Waals surface area contributed by atoms with E-state index in [9.17, 15) is 4.79 Å². The first-order valence-corrected chi connectivity index (χ1v) is 6.33. The van der Waals surface area contributed by atoms with Gasteiger partial charge in [0.15, 0.2) is 0 Å². The first-order chi connectivity index (χ1) is 9.79. The molecule has 2 N–H and O–H groups in total. The van der Waals surface area contributed by atoms with Crippen molar-refractivity contribution in [2.45, 2.75) is 5.92 Å². The van der Waals surface area contributed by atoms with Crippen LogP contribution in [-0.2, 0) is 0 Å². The van der Waals surface area contributed by atoms with Gasteiger partial charge >= 0.3 is 6.03 Å². The predicted octanol–water partition coefficient (Wildman–Crippen LogP) is 1.66. The minimum absolute atomic E-state index is 0.0407. The highest BCUT2D eigenvalue weighted by atomic mass is 16.2. The largest absolute Gasteiger partial charge is 0.405 e. The molecule has 1 heterocycles. The van der Waals surface area contributed by atoms with Gasteiger partial charge in [-0.15, -0.1) is 0 Å². The minimum atomic E-state index is -0.448. The Morgan fingerprint density at radius 3 is 2.55 bits per heavy atom. The van der Waals surface area contributed by atoms with E-state index in [4.69, 9.17) is 5.73 Å². The van der Waals surface area contributed by atoms with Crippen LogP contribution in [0.15, 0.2) is 70.8 Å². The standard InChI is InChI=1S/C16H13N3O/c17-10-9-12(11-5-2-1-3-6-11)13-7-4-8-14-15(13)19-16(20)18-14/h1-10,12H,17H2. The minimum Gasteiger partial charge on any atom is -0.405 e. The van der Waals surface area contributed by atoms with Gasteiger partial charge in [-0.3, -0.25) is 0 Å². The lowest BCUT2D eigenvalue weighted by atomic mass is 9.91. The van der Waals surface area contributed by atoms with Gasteiger partial charge in [-0.05, 0) is 23.4 Å². The molecule has 2 aromatic carbocycles. The molecule has 0 radical (unpaired) electrons. The van der Waals surface area contributed by atoms with E-state index >= 15 is 0 Å². The van der Waals surface area contributed by atoms with Crippen molar-refractivity contribution in [1.29, 1.82) is 0 Å². The third-order valence-electron chi connectivity index (χ3n) is 3.27. The van der Waals surface area contributed by atoms with Crippen LogP contribution in [0.25, 0.3) is 0 Å². The number of hydrogen-bond donors (Lipinski definition) is 1. The van der Waals surface area contributed by atoms with Crippen LogP contribution >= 0.6 is 0 Å². The number of carbonyl (C=O) groups excluding carboxylic acids is 1. The van der Waals surface area contributed by atoms with Crippen LogP contribution in [-0.4, -0.2) is 6.03 Å². The van der Waals surface area contributed by atoms with Crippen LogP contribution in [0.4, 0.5) is 4.79 Å². The number of amides is 2. The SMILES string of the molecule is NC=CC(c1ccccc1)c1cccc2c1=NC(=O)N=2. The molecule has 1 atom stereocenters. The van der Waals surface area contributed by atoms with E-state index in [0.717, 1.165) is 11.1 Å². The molecule has 0 saturated carbocycles. The molecule has 98 valence electrons. The highest BCUT2D eigenvalue weighted by Crippen LogP contribution is 2.23. The van der Waals surface area contributed by atoms with Crippen LogP contribution < -0.4 is 16.4 Å². The summed E-state index contributed by atoms with van der Waals surface area (Å²) in [6.45, 7) is 0. The molecule has 0 spiro atoms. The number of hydrogen-bond acceptors (Lipinski definition) is 2. The number of para-hydroxylation sites is 1. The molecule has 0 saturated heterocycles. The molecular formula is C16H13N3O. The van der Waals surface area contributed by atoms with E-state index in [0.29, 0.717) is 10.7 Å². The molecule has 4 heteroatoms. The number of fused-ring (bicyclic) bond motifs is 1. The Hall–Kier alpha value is -2.75. The monoisotopic (exact) mass is 263 g/mol. The maximum Gasteiger partial charge on any atom is 0.368 e. The second kappa shape index (κ2) is 5.09. The van der Waals surface area contributed by atoms with Gasteiger partial charge in [0.05, 0.1) is 10.7 Å². The average molecular weight is 263 g/mol. The smallest absolute Gasteiger partial charge is 0.368 e. The summed E-state index contributed by atoms with van der Waals surface area (Å²) in [4.78, 5) is 19.3. The zero-order valence-corrected chi connectivity index (χ0v) is 10.7. The Morgan fingerprint density at radius 2 is 1.80 bits per heavy atom. The number of nitrogens with two attached hydrogens (primary N) is 1. The Balaban J connectivity index is 2.22. The van der Waals surface area contributed by atoms with E-state index in [1.165, 1.54) is 6.20 Å². The molecule has 0 aliphatic carbocycles. The van der Waals surface area contributed by atoms with E-state index in [1.807, 2.05) is 48.5 Å². The molecule has 3 rings (SSSR count). The highest BCUT2D eigenvalue weighted by molar-refractivity contribution is 5.77. The van der Waals surface area contributed by atoms with E-state index < -0.39 is 6.03 Å². The number of nitrogens with zero attached hydrogens (tertiary/aromatic N) is 2. The summed E-state index contributed by atoms with van der Waals surface area (Å²) in [5.41, 5.74) is 7.60. The van der Waals surface area contributed by atoms with Gasteiger partial charge in [0, 0.05) is 5.92 Å². The lowest BCUT2D eigenvalue weighted by Gasteiger charge is -2.13. The number of benzene rings is 2. The molecule has 20 heavy (non-hydrogen) atoms. The number of carbonyl (C=O) groups is 1. The van der Waals surface area contributed by atoms with Gasteiger partial charge in [0.25, 0.3) is 0 Å². The molecule has 0 fully saturated rings. The maximum atomic E-state index is 11.4. The fraction of sp³-hybridized carbons (Fsp3) is 0.0625. The van der Waals surface area contributed by atoms with Gasteiger partial charge in [-0.25, -0.2) is 4.79 Å². The van der Waals surface area contributed by atoms with Crippen molar-refractivity contribution < 1.29 is 4.79 Å². The van der Waals surface area contributed by atoms with Crippen LogP contribution in [0.1, 0.15) is 17.0 Å². The van der Waals surface area contributed by atoms with Crippen molar-refractivity contribution in [3.8, 4) is 0 Å². The molecule has 1 unspecified atom stereocenters. The van der Waals surface area contributed by atoms with Crippen molar-refractivity contribution in [3.05, 3.63) is 82.6 Å². The van der Waals surface area contributed by atoms with Gasteiger partial charge in [-0.1, -0.05) is 48.5 Å². The molecule has 4 nitrogen and oxygen atoms in total. The van der Waals surface area contributed by atoms with Crippen molar-refractivity contribution in [3.63, 3.8) is 0 Å². The summed E-state index contributed by atoms with van der Waals surface area (Å²) in [6.07, 6.45) is 3.41. The maximum absolute atomic E-state index is 11.4. The topological polar surface area (TPSA) is 67.8 Å². The molecule has 2 amide bonds. The lowest BCUT2D eigenvalue weighted by Crippen LogP contribution is -2.27. The van der Waals surface area contributed by atoms with E-state index in [2.05, 4.69) is 9.98 Å². The number of urea groups is 1. The number of allylic oxidation sites excluding steroid dienone is 1. The second-order valence-corrected chi connectivity index (χ2v) is 4.49. The van der Waals surface area contributed by atoms with Gasteiger partial charge < -0.3 is 5.73 Å². The first kappa shape index (κ1) is 12.3. The quantitative estimate of drug-likeness (QED) is 0.915. The van der Waals surface area contributed by atoms with Crippen molar-refractivity contribution in [2.75, 3.05) is 0 Å². The summed E-state index contributed by atoms with van der Waals surface area (Å²) in [6, 6.07) is 15.1. The van der Waals surface area contributed by atoms with Crippen LogP contribution in [0.2, 0.25) is 0 Å². The fourth-order valence-corrected chi connectivity index (χ4v) is 2.40. The molecule has 0 bridgehead atoms. The molecule has 1 aliphatic rings. The zero-order chi connectivity index (χ0) is 13.9. The van der Waals surface area contributed by atoms with Gasteiger partial charge in [-0.2, -0.15) is 9.98 Å². The summed E-state index contributed by atoms with van der Waals surface area (Å²) >= 11 is 0. The molecule has 0 aromatic heterocycles. The average Bonchev–Trinajstić information content (AvgIpc) is 2.86. The highest BCUT2D eigenvalue weighted by Gasteiger charge is 2.16. The zero-order valence-electron chi connectivity index (χ0n) is 10.7. The predicted molar refractivity (Wildman–Crippen MR) is 75.8 cm³/mol. The summed E-state index contributed by atoms with van der Waals surface area (Å²) in [5, 5.41) is 1.27.